The molecule has 0 saturated carbocycles. The first-order valence-corrected chi connectivity index (χ1v) is 8.40. The third-order valence-corrected chi connectivity index (χ3v) is 6.25. The van der Waals surface area contributed by atoms with E-state index in [0.717, 1.165) is 23.3 Å². The van der Waals surface area contributed by atoms with Crippen LogP contribution in [0.3, 0.4) is 0 Å². The second kappa shape index (κ2) is 4.57. The fourth-order valence-corrected chi connectivity index (χ4v) is 1.86. The summed E-state index contributed by atoms with van der Waals surface area (Å²) < 4.78 is 11.3. The number of rotatable bonds is 4. The minimum Gasteiger partial charge on any atom is -0.493 e. The molecule has 1 aromatic heterocycles. The van der Waals surface area contributed by atoms with Crippen molar-refractivity contribution in [2.45, 2.75) is 32.0 Å². The maximum Gasteiger partial charge on any atom is 0.137 e. The van der Waals surface area contributed by atoms with E-state index in [1.165, 1.54) is 0 Å². The molecule has 17 heavy (non-hydrogen) atoms. The van der Waals surface area contributed by atoms with Gasteiger partial charge in [-0.1, -0.05) is 33.0 Å². The zero-order valence-electron chi connectivity index (χ0n) is 10.9. The molecule has 0 spiro atoms. The third-order valence-electron chi connectivity index (χ3n) is 3.40. The van der Waals surface area contributed by atoms with E-state index in [0.29, 0.717) is 0 Å². The molecular weight excluding hydrogens is 228 g/mol. The highest BCUT2D eigenvalue weighted by atomic mass is 28.3. The molecule has 0 bridgehead atoms. The van der Waals surface area contributed by atoms with Crippen LogP contribution in [0.25, 0.3) is 11.0 Å². The summed E-state index contributed by atoms with van der Waals surface area (Å²) in [4.78, 5) is 0. The monoisotopic (exact) mass is 247 g/mol. The van der Waals surface area contributed by atoms with Gasteiger partial charge in [-0.05, 0) is 23.2 Å². The Morgan fingerprint density at radius 1 is 1.24 bits per heavy atom. The number of ether oxygens (including phenoxy) is 1. The van der Waals surface area contributed by atoms with Crippen molar-refractivity contribution in [3.63, 3.8) is 0 Å². The van der Waals surface area contributed by atoms with E-state index in [2.05, 4.69) is 26.9 Å². The molecule has 2 rings (SSSR count). The van der Waals surface area contributed by atoms with Crippen molar-refractivity contribution in [3.8, 4) is 5.75 Å². The standard InChI is InChI=1S/C14H19O2Si/c1-14(2,17(3)4)10-16-13-7-5-6-12-11(13)8-9-15-12/h5-9H,10H2,1-4H3. The largest absolute Gasteiger partial charge is 0.493 e. The number of hydrogen-bond acceptors (Lipinski definition) is 2. The molecule has 0 aliphatic heterocycles. The summed E-state index contributed by atoms with van der Waals surface area (Å²) in [5, 5.41) is 1.33. The van der Waals surface area contributed by atoms with E-state index in [1.807, 2.05) is 24.3 Å². The van der Waals surface area contributed by atoms with Gasteiger partial charge >= 0.3 is 0 Å². The molecule has 1 aromatic carbocycles. The summed E-state index contributed by atoms with van der Waals surface area (Å²) >= 11 is 0. The molecule has 0 fully saturated rings. The molecule has 2 nitrogen and oxygen atoms in total. The van der Waals surface area contributed by atoms with Crippen molar-refractivity contribution in [3.05, 3.63) is 30.5 Å². The lowest BCUT2D eigenvalue weighted by Crippen LogP contribution is -2.27. The first-order valence-electron chi connectivity index (χ1n) is 5.90. The molecule has 0 aliphatic rings. The molecule has 3 heteroatoms. The molecule has 1 heterocycles. The van der Waals surface area contributed by atoms with Gasteiger partial charge in [-0.25, -0.2) is 0 Å². The van der Waals surface area contributed by atoms with Gasteiger partial charge in [0.05, 0.1) is 27.1 Å². The Morgan fingerprint density at radius 3 is 2.71 bits per heavy atom. The highest BCUT2D eigenvalue weighted by Crippen LogP contribution is 2.32. The maximum absolute atomic E-state index is 5.97. The average molecular weight is 247 g/mol. The molecular formula is C14H19O2Si. The van der Waals surface area contributed by atoms with Crippen LogP contribution >= 0.6 is 0 Å². The lowest BCUT2D eigenvalue weighted by Gasteiger charge is -2.27. The highest BCUT2D eigenvalue weighted by Gasteiger charge is 2.24. The molecule has 2 aromatic rings. The van der Waals surface area contributed by atoms with E-state index in [1.54, 1.807) is 6.26 Å². The normalized spacial score (nSPS) is 12.3. The molecule has 91 valence electrons. The van der Waals surface area contributed by atoms with Gasteiger partial charge in [-0.15, -0.1) is 0 Å². The van der Waals surface area contributed by atoms with Crippen molar-refractivity contribution < 1.29 is 9.15 Å². The van der Waals surface area contributed by atoms with Crippen LogP contribution in [0.4, 0.5) is 0 Å². The molecule has 0 atom stereocenters. The van der Waals surface area contributed by atoms with Crippen LogP contribution in [0, 0.1) is 0 Å². The predicted molar refractivity (Wildman–Crippen MR) is 73.2 cm³/mol. The maximum atomic E-state index is 5.97. The van der Waals surface area contributed by atoms with Gasteiger partial charge in [0, 0.05) is 0 Å². The first kappa shape index (κ1) is 12.2. The third kappa shape index (κ3) is 2.55. The lowest BCUT2D eigenvalue weighted by molar-refractivity contribution is 0.279. The Bertz CT molecular complexity index is 500. The van der Waals surface area contributed by atoms with Crippen LogP contribution in [-0.4, -0.2) is 15.4 Å². The van der Waals surface area contributed by atoms with Crippen LogP contribution < -0.4 is 4.74 Å². The summed E-state index contributed by atoms with van der Waals surface area (Å²) in [7, 11) is -0.368. The van der Waals surface area contributed by atoms with Crippen LogP contribution in [0.15, 0.2) is 34.9 Å². The van der Waals surface area contributed by atoms with Crippen molar-refractivity contribution in [1.82, 2.24) is 0 Å². The fraction of sp³-hybridized carbons (Fsp3) is 0.429. The highest BCUT2D eigenvalue weighted by molar-refractivity contribution is 6.59. The smallest absolute Gasteiger partial charge is 0.137 e. The summed E-state index contributed by atoms with van der Waals surface area (Å²) in [6.07, 6.45) is 1.71. The minimum absolute atomic E-state index is 0.274. The average Bonchev–Trinajstić information content (AvgIpc) is 2.74. The lowest BCUT2D eigenvalue weighted by atomic mass is 10.2. The first-order chi connectivity index (χ1) is 8.00. The topological polar surface area (TPSA) is 22.4 Å². The molecule has 0 unspecified atom stereocenters. The van der Waals surface area contributed by atoms with Gasteiger partial charge < -0.3 is 9.15 Å². The predicted octanol–water partition coefficient (Wildman–Crippen LogP) is 4.35. The van der Waals surface area contributed by atoms with Crippen LogP contribution in [-0.2, 0) is 0 Å². The van der Waals surface area contributed by atoms with Gasteiger partial charge in [0.15, 0.2) is 0 Å². The Labute approximate surface area is 104 Å². The van der Waals surface area contributed by atoms with E-state index in [4.69, 9.17) is 9.15 Å². The van der Waals surface area contributed by atoms with Crippen molar-refractivity contribution in [2.75, 3.05) is 6.61 Å². The van der Waals surface area contributed by atoms with E-state index in [-0.39, 0.29) is 13.8 Å². The van der Waals surface area contributed by atoms with Crippen LogP contribution in [0.5, 0.6) is 5.75 Å². The van der Waals surface area contributed by atoms with Crippen molar-refractivity contribution >= 4 is 19.8 Å². The second-order valence-corrected chi connectivity index (χ2v) is 8.61. The zero-order chi connectivity index (χ0) is 12.5. The zero-order valence-corrected chi connectivity index (χ0v) is 11.9. The molecule has 0 N–H and O–H groups in total. The van der Waals surface area contributed by atoms with Crippen LogP contribution in [0.1, 0.15) is 13.8 Å². The number of fused-ring (bicyclic) bond motifs is 1. The number of benzene rings is 1. The molecule has 0 saturated heterocycles. The SMILES string of the molecule is C[Si](C)C(C)(C)COc1cccc2occc12. The van der Waals surface area contributed by atoms with Gasteiger partial charge in [0.2, 0.25) is 0 Å². The Balaban J connectivity index is 2.17. The van der Waals surface area contributed by atoms with Crippen LogP contribution in [0.2, 0.25) is 18.1 Å². The van der Waals surface area contributed by atoms with Gasteiger partial charge in [0.1, 0.15) is 11.3 Å². The van der Waals surface area contributed by atoms with E-state index >= 15 is 0 Å². The number of hydrogen-bond donors (Lipinski definition) is 0. The summed E-state index contributed by atoms with van der Waals surface area (Å²) in [5.41, 5.74) is 0.888. The second-order valence-electron chi connectivity index (χ2n) is 5.26. The van der Waals surface area contributed by atoms with Gasteiger partial charge in [0.25, 0.3) is 0 Å². The molecule has 1 radical (unpaired) electrons. The molecule has 0 aliphatic carbocycles. The van der Waals surface area contributed by atoms with Crippen molar-refractivity contribution in [1.29, 1.82) is 0 Å². The summed E-state index contributed by atoms with van der Waals surface area (Å²) in [5.74, 6) is 0.924. The minimum atomic E-state index is -0.368. The molecule has 0 amide bonds. The van der Waals surface area contributed by atoms with Crippen molar-refractivity contribution in [2.24, 2.45) is 0 Å². The van der Waals surface area contributed by atoms with E-state index in [9.17, 15) is 0 Å². The number of furan rings is 1. The summed E-state index contributed by atoms with van der Waals surface area (Å²) in [6, 6.07) is 7.90. The van der Waals surface area contributed by atoms with Gasteiger partial charge in [-0.2, -0.15) is 0 Å². The Hall–Kier alpha value is -1.22. The Kier molecular flexibility index (Phi) is 3.29. The quantitative estimate of drug-likeness (QED) is 0.750. The van der Waals surface area contributed by atoms with E-state index < -0.39 is 0 Å². The Morgan fingerprint density at radius 2 is 2.00 bits per heavy atom. The summed E-state index contributed by atoms with van der Waals surface area (Å²) in [6.45, 7) is 9.96. The van der Waals surface area contributed by atoms with Gasteiger partial charge in [-0.3, -0.25) is 0 Å². The fourth-order valence-electron chi connectivity index (χ4n) is 1.49.